The van der Waals surface area contributed by atoms with Crippen molar-refractivity contribution in [2.24, 2.45) is 0 Å². The summed E-state index contributed by atoms with van der Waals surface area (Å²) in [4.78, 5) is 16.1. The first-order chi connectivity index (χ1) is 10.2. The Kier molecular flexibility index (Phi) is 4.01. The summed E-state index contributed by atoms with van der Waals surface area (Å²) in [5.74, 6) is 0.941. The molecule has 0 spiro atoms. The number of carbonyl (C=O) groups is 1. The van der Waals surface area contributed by atoms with Gasteiger partial charge < -0.3 is 14.6 Å². The molecule has 2 aromatic rings. The van der Waals surface area contributed by atoms with Gasteiger partial charge in [0.2, 0.25) is 5.91 Å². The Labute approximate surface area is 124 Å². The van der Waals surface area contributed by atoms with E-state index in [1.54, 1.807) is 6.20 Å². The van der Waals surface area contributed by atoms with Crippen molar-refractivity contribution in [2.45, 2.75) is 32.4 Å². The highest BCUT2D eigenvalue weighted by Gasteiger charge is 2.22. The van der Waals surface area contributed by atoms with Crippen molar-refractivity contribution in [1.82, 2.24) is 14.9 Å². The Morgan fingerprint density at radius 1 is 1.43 bits per heavy atom. The summed E-state index contributed by atoms with van der Waals surface area (Å²) >= 11 is 0. The maximum Gasteiger partial charge on any atom is 0.249 e. The summed E-state index contributed by atoms with van der Waals surface area (Å²) in [5, 5.41) is 2.92. The lowest BCUT2D eigenvalue weighted by atomic mass is 10.2. The van der Waals surface area contributed by atoms with Gasteiger partial charge in [0.05, 0.1) is 0 Å². The number of nitrogens with one attached hydrogen (secondary N) is 1. The summed E-state index contributed by atoms with van der Waals surface area (Å²) in [6, 6.07) is 8.10. The molecule has 0 unspecified atom stereocenters. The minimum Gasteiger partial charge on any atom is -0.368 e. The monoisotopic (exact) mass is 285 g/mol. The Morgan fingerprint density at radius 2 is 2.24 bits per heavy atom. The third-order valence-electron chi connectivity index (χ3n) is 3.73. The van der Waals surface area contributed by atoms with E-state index in [2.05, 4.69) is 10.3 Å². The van der Waals surface area contributed by atoms with Crippen LogP contribution in [0.5, 0.6) is 0 Å². The maximum atomic E-state index is 11.9. The lowest BCUT2D eigenvalue weighted by Crippen LogP contribution is -2.33. The van der Waals surface area contributed by atoms with Crippen molar-refractivity contribution >= 4 is 5.91 Å². The van der Waals surface area contributed by atoms with Crippen LogP contribution in [-0.2, 0) is 16.1 Å². The highest BCUT2D eigenvalue weighted by molar-refractivity contribution is 5.80. The number of ether oxygens (including phenoxy) is 1. The number of aryl methyl sites for hydroxylation is 1. The summed E-state index contributed by atoms with van der Waals surface area (Å²) in [5.41, 5.74) is 2.14. The van der Waals surface area contributed by atoms with E-state index in [9.17, 15) is 4.79 Å². The number of hydrogen-bond donors (Lipinski definition) is 1. The van der Waals surface area contributed by atoms with Gasteiger partial charge in [-0.05, 0) is 37.5 Å². The number of aromatic nitrogens is 2. The van der Waals surface area contributed by atoms with Crippen molar-refractivity contribution in [3.63, 3.8) is 0 Å². The van der Waals surface area contributed by atoms with Crippen molar-refractivity contribution in [2.75, 3.05) is 6.61 Å². The van der Waals surface area contributed by atoms with Crippen LogP contribution in [0.25, 0.3) is 5.69 Å². The summed E-state index contributed by atoms with van der Waals surface area (Å²) in [6.45, 7) is 3.19. The maximum absolute atomic E-state index is 11.9. The molecular formula is C16H19N3O2. The predicted molar refractivity (Wildman–Crippen MR) is 79.1 cm³/mol. The molecule has 1 aromatic carbocycles. The van der Waals surface area contributed by atoms with Crippen LogP contribution in [0.4, 0.5) is 0 Å². The van der Waals surface area contributed by atoms with Crippen molar-refractivity contribution in [1.29, 1.82) is 0 Å². The largest absolute Gasteiger partial charge is 0.368 e. The van der Waals surface area contributed by atoms with E-state index in [4.69, 9.17) is 4.74 Å². The Morgan fingerprint density at radius 3 is 2.86 bits per heavy atom. The Bertz CT molecular complexity index is 613. The van der Waals surface area contributed by atoms with Crippen LogP contribution in [0.1, 0.15) is 24.2 Å². The SMILES string of the molecule is Cc1nccn1-c1ccc(CNC(=O)[C@@H]2CCCO2)cc1. The van der Waals surface area contributed by atoms with Crippen LogP contribution >= 0.6 is 0 Å². The molecule has 1 fully saturated rings. The number of carbonyl (C=O) groups excluding carboxylic acids is 1. The number of hydrogen-bond acceptors (Lipinski definition) is 3. The van der Waals surface area contributed by atoms with Crippen LogP contribution in [0, 0.1) is 6.92 Å². The predicted octanol–water partition coefficient (Wildman–Crippen LogP) is 1.98. The van der Waals surface area contributed by atoms with Crippen LogP contribution in [-0.4, -0.2) is 28.2 Å². The van der Waals surface area contributed by atoms with Crippen molar-refractivity contribution in [3.8, 4) is 5.69 Å². The number of nitrogens with zero attached hydrogens (tertiary/aromatic N) is 2. The first kappa shape index (κ1) is 13.8. The van der Waals surface area contributed by atoms with E-state index in [1.165, 1.54) is 0 Å². The molecular weight excluding hydrogens is 266 g/mol. The fourth-order valence-electron chi connectivity index (χ4n) is 2.51. The average molecular weight is 285 g/mol. The highest BCUT2D eigenvalue weighted by Crippen LogP contribution is 2.13. The van der Waals surface area contributed by atoms with E-state index in [0.29, 0.717) is 13.2 Å². The zero-order chi connectivity index (χ0) is 14.7. The molecule has 0 saturated carbocycles. The number of benzene rings is 1. The molecule has 3 rings (SSSR count). The zero-order valence-electron chi connectivity index (χ0n) is 12.1. The second-order valence-electron chi connectivity index (χ2n) is 5.23. The Balaban J connectivity index is 1.60. The van der Waals surface area contributed by atoms with Gasteiger partial charge in [0, 0.05) is 31.2 Å². The van der Waals surface area contributed by atoms with Gasteiger partial charge in [-0.3, -0.25) is 4.79 Å². The molecule has 21 heavy (non-hydrogen) atoms. The molecule has 1 atom stereocenters. The third kappa shape index (κ3) is 3.13. The lowest BCUT2D eigenvalue weighted by molar-refractivity contribution is -0.130. The highest BCUT2D eigenvalue weighted by atomic mass is 16.5. The van der Waals surface area contributed by atoms with Gasteiger partial charge in [-0.25, -0.2) is 4.98 Å². The van der Waals surface area contributed by atoms with Gasteiger partial charge in [0.25, 0.3) is 0 Å². The molecule has 1 aromatic heterocycles. The van der Waals surface area contributed by atoms with E-state index in [-0.39, 0.29) is 12.0 Å². The van der Waals surface area contributed by atoms with E-state index < -0.39 is 0 Å². The number of rotatable bonds is 4. The number of amides is 1. The minimum atomic E-state index is -0.266. The van der Waals surface area contributed by atoms with Crippen LogP contribution in [0.15, 0.2) is 36.7 Å². The van der Waals surface area contributed by atoms with Crippen LogP contribution < -0.4 is 5.32 Å². The molecule has 1 saturated heterocycles. The van der Waals surface area contributed by atoms with Crippen molar-refractivity contribution < 1.29 is 9.53 Å². The molecule has 1 aliphatic rings. The van der Waals surface area contributed by atoms with Gasteiger partial charge in [-0.2, -0.15) is 0 Å². The van der Waals surface area contributed by atoms with Gasteiger partial charge in [-0.15, -0.1) is 0 Å². The molecule has 0 aliphatic carbocycles. The summed E-state index contributed by atoms with van der Waals surface area (Å²) in [7, 11) is 0. The van der Waals surface area contributed by atoms with Gasteiger partial charge in [0.1, 0.15) is 11.9 Å². The molecule has 0 bridgehead atoms. The molecule has 1 N–H and O–H groups in total. The molecule has 5 nitrogen and oxygen atoms in total. The quantitative estimate of drug-likeness (QED) is 0.934. The second-order valence-corrected chi connectivity index (χ2v) is 5.23. The average Bonchev–Trinajstić information content (AvgIpc) is 3.17. The van der Waals surface area contributed by atoms with Gasteiger partial charge in [-0.1, -0.05) is 12.1 Å². The first-order valence-electron chi connectivity index (χ1n) is 7.22. The topological polar surface area (TPSA) is 56.2 Å². The zero-order valence-corrected chi connectivity index (χ0v) is 12.1. The number of imidazole rings is 1. The lowest BCUT2D eigenvalue weighted by Gasteiger charge is -2.11. The summed E-state index contributed by atoms with van der Waals surface area (Å²) < 4.78 is 7.38. The molecule has 2 heterocycles. The fourth-order valence-corrected chi connectivity index (χ4v) is 2.51. The molecule has 1 amide bonds. The van der Waals surface area contributed by atoms with Gasteiger partial charge >= 0.3 is 0 Å². The van der Waals surface area contributed by atoms with Crippen molar-refractivity contribution in [3.05, 3.63) is 48.0 Å². The van der Waals surface area contributed by atoms with E-state index in [1.807, 2.05) is 42.0 Å². The van der Waals surface area contributed by atoms with E-state index in [0.717, 1.165) is 29.9 Å². The smallest absolute Gasteiger partial charge is 0.249 e. The molecule has 0 radical (unpaired) electrons. The second kappa shape index (κ2) is 6.10. The normalized spacial score (nSPS) is 17.9. The first-order valence-corrected chi connectivity index (χ1v) is 7.22. The van der Waals surface area contributed by atoms with Crippen LogP contribution in [0.2, 0.25) is 0 Å². The molecule has 110 valence electrons. The summed E-state index contributed by atoms with van der Waals surface area (Å²) in [6.07, 6.45) is 5.24. The van der Waals surface area contributed by atoms with Gasteiger partial charge in [0.15, 0.2) is 0 Å². The minimum absolute atomic E-state index is 0.0120. The van der Waals surface area contributed by atoms with E-state index >= 15 is 0 Å². The van der Waals surface area contributed by atoms with Crippen LogP contribution in [0.3, 0.4) is 0 Å². The third-order valence-corrected chi connectivity index (χ3v) is 3.73. The molecule has 5 heteroatoms. The fraction of sp³-hybridized carbons (Fsp3) is 0.375. The molecule has 1 aliphatic heterocycles. The Hall–Kier alpha value is -2.14. The standard InChI is InChI=1S/C16H19N3O2/c1-12-17-8-9-19(12)14-6-4-13(5-7-14)11-18-16(20)15-3-2-10-21-15/h4-9,15H,2-3,10-11H2,1H3,(H,18,20)/t15-/m0/s1.